The van der Waals surface area contributed by atoms with Gasteiger partial charge in [-0.3, -0.25) is 0 Å². The summed E-state index contributed by atoms with van der Waals surface area (Å²) >= 11 is 0. The van der Waals surface area contributed by atoms with Crippen LogP contribution in [0, 0.1) is 13.8 Å². The molecule has 0 atom stereocenters. The number of rotatable bonds is 6. The topological polar surface area (TPSA) is 42.7 Å². The zero-order chi connectivity index (χ0) is 14.5. The Morgan fingerprint density at radius 2 is 1.85 bits per heavy atom. The highest BCUT2D eigenvalue weighted by Crippen LogP contribution is 2.12. The zero-order valence-electron chi connectivity index (χ0n) is 12.8. The first-order valence-electron chi connectivity index (χ1n) is 7.24. The molecule has 0 spiro atoms. The van der Waals surface area contributed by atoms with Crippen molar-refractivity contribution in [2.75, 3.05) is 6.54 Å². The second kappa shape index (κ2) is 6.66. The molecule has 20 heavy (non-hydrogen) atoms. The molecule has 0 aliphatic carbocycles. The lowest BCUT2D eigenvalue weighted by atomic mass is 10.0. The van der Waals surface area contributed by atoms with Crippen LogP contribution in [0.3, 0.4) is 0 Å². The van der Waals surface area contributed by atoms with Crippen molar-refractivity contribution in [3.05, 3.63) is 47.0 Å². The summed E-state index contributed by atoms with van der Waals surface area (Å²) in [7, 11) is 0. The minimum atomic E-state index is 0.530. The molecule has 2 rings (SSSR count). The summed E-state index contributed by atoms with van der Waals surface area (Å²) in [6, 6.07) is 9.11. The molecule has 1 heterocycles. The maximum atomic E-state index is 4.45. The van der Waals surface area contributed by atoms with Gasteiger partial charge in [-0.05, 0) is 37.9 Å². The standard InChI is InChI=1S/C16H24N4/c1-12(2)17-10-9-15-7-5-6-8-16(15)11-20-14(4)18-13(3)19-20/h5-8,12,17H,9-11H2,1-4H3. The van der Waals surface area contributed by atoms with E-state index in [-0.39, 0.29) is 0 Å². The Morgan fingerprint density at radius 3 is 2.45 bits per heavy atom. The number of hydrogen-bond acceptors (Lipinski definition) is 3. The third kappa shape index (κ3) is 3.90. The van der Waals surface area contributed by atoms with Crippen LogP contribution in [0.1, 0.15) is 36.6 Å². The van der Waals surface area contributed by atoms with Crippen molar-refractivity contribution in [2.45, 2.75) is 46.7 Å². The van der Waals surface area contributed by atoms with Crippen molar-refractivity contribution in [3.63, 3.8) is 0 Å². The van der Waals surface area contributed by atoms with Gasteiger partial charge in [-0.2, -0.15) is 5.10 Å². The quantitative estimate of drug-likeness (QED) is 0.878. The zero-order valence-corrected chi connectivity index (χ0v) is 12.8. The fourth-order valence-corrected chi connectivity index (χ4v) is 2.32. The van der Waals surface area contributed by atoms with E-state index in [1.807, 2.05) is 18.5 Å². The second-order valence-corrected chi connectivity index (χ2v) is 5.49. The maximum Gasteiger partial charge on any atom is 0.147 e. The predicted molar refractivity (Wildman–Crippen MR) is 81.9 cm³/mol. The molecule has 4 nitrogen and oxygen atoms in total. The molecular weight excluding hydrogens is 248 g/mol. The van der Waals surface area contributed by atoms with Crippen LogP contribution in [0.2, 0.25) is 0 Å². The summed E-state index contributed by atoms with van der Waals surface area (Å²) in [5.41, 5.74) is 2.71. The molecule has 1 aromatic carbocycles. The lowest BCUT2D eigenvalue weighted by molar-refractivity contribution is 0.586. The fraction of sp³-hybridized carbons (Fsp3) is 0.500. The number of nitrogens with zero attached hydrogens (tertiary/aromatic N) is 3. The minimum Gasteiger partial charge on any atom is -0.314 e. The molecule has 0 aliphatic rings. The van der Waals surface area contributed by atoms with Crippen molar-refractivity contribution in [2.24, 2.45) is 0 Å². The first-order valence-corrected chi connectivity index (χ1v) is 7.24. The van der Waals surface area contributed by atoms with E-state index in [1.165, 1.54) is 11.1 Å². The maximum absolute atomic E-state index is 4.45. The molecule has 2 aromatic rings. The summed E-state index contributed by atoms with van der Waals surface area (Å²) in [5, 5.41) is 7.91. The van der Waals surface area contributed by atoms with Crippen LogP contribution in [0.25, 0.3) is 0 Å². The molecule has 108 valence electrons. The van der Waals surface area contributed by atoms with Gasteiger partial charge in [0.1, 0.15) is 11.6 Å². The highest BCUT2D eigenvalue weighted by Gasteiger charge is 2.07. The summed E-state index contributed by atoms with van der Waals surface area (Å²) in [6.07, 6.45) is 1.04. The molecule has 0 unspecified atom stereocenters. The highest BCUT2D eigenvalue weighted by molar-refractivity contribution is 5.27. The van der Waals surface area contributed by atoms with Crippen molar-refractivity contribution in [3.8, 4) is 0 Å². The largest absolute Gasteiger partial charge is 0.314 e. The summed E-state index contributed by atoms with van der Waals surface area (Å²) < 4.78 is 1.98. The van der Waals surface area contributed by atoms with E-state index >= 15 is 0 Å². The lowest BCUT2D eigenvalue weighted by Crippen LogP contribution is -2.25. The summed E-state index contributed by atoms with van der Waals surface area (Å²) in [5.74, 6) is 1.80. The molecule has 1 N–H and O–H groups in total. The average Bonchev–Trinajstić information content (AvgIpc) is 2.69. The van der Waals surface area contributed by atoms with Crippen molar-refractivity contribution in [1.82, 2.24) is 20.1 Å². The highest BCUT2D eigenvalue weighted by atomic mass is 15.3. The molecule has 0 bridgehead atoms. The first kappa shape index (κ1) is 14.7. The monoisotopic (exact) mass is 272 g/mol. The molecular formula is C16H24N4. The van der Waals surface area contributed by atoms with Crippen LogP contribution in [-0.4, -0.2) is 27.4 Å². The van der Waals surface area contributed by atoms with Gasteiger partial charge in [0.25, 0.3) is 0 Å². The molecule has 0 fully saturated rings. The van der Waals surface area contributed by atoms with E-state index in [0.717, 1.165) is 31.2 Å². The van der Waals surface area contributed by atoms with Crippen molar-refractivity contribution < 1.29 is 0 Å². The van der Waals surface area contributed by atoms with Crippen LogP contribution in [0.15, 0.2) is 24.3 Å². The molecule has 0 aliphatic heterocycles. The number of benzene rings is 1. The molecule has 1 aromatic heterocycles. The van der Waals surface area contributed by atoms with E-state index < -0.39 is 0 Å². The second-order valence-electron chi connectivity index (χ2n) is 5.49. The Morgan fingerprint density at radius 1 is 1.15 bits per heavy atom. The SMILES string of the molecule is Cc1nc(C)n(Cc2ccccc2CCNC(C)C)n1. The van der Waals surface area contributed by atoms with E-state index in [1.54, 1.807) is 0 Å². The summed E-state index contributed by atoms with van der Waals surface area (Å²) in [6.45, 7) is 10.1. The van der Waals surface area contributed by atoms with Gasteiger partial charge in [-0.15, -0.1) is 0 Å². The Balaban J connectivity index is 2.09. The lowest BCUT2D eigenvalue weighted by Gasteiger charge is -2.12. The smallest absolute Gasteiger partial charge is 0.147 e. The number of aromatic nitrogens is 3. The van der Waals surface area contributed by atoms with E-state index in [0.29, 0.717) is 6.04 Å². The third-order valence-corrected chi connectivity index (χ3v) is 3.35. The number of hydrogen-bond donors (Lipinski definition) is 1. The Hall–Kier alpha value is -1.68. The number of nitrogens with one attached hydrogen (secondary N) is 1. The molecule has 0 radical (unpaired) electrons. The molecule has 4 heteroatoms. The predicted octanol–water partition coefficient (Wildman–Crippen LogP) is 2.48. The van der Waals surface area contributed by atoms with Gasteiger partial charge in [0, 0.05) is 6.04 Å². The Bertz CT molecular complexity index is 557. The number of aryl methyl sites for hydroxylation is 2. The van der Waals surface area contributed by atoms with Crippen LogP contribution in [-0.2, 0) is 13.0 Å². The van der Waals surface area contributed by atoms with Gasteiger partial charge >= 0.3 is 0 Å². The van der Waals surface area contributed by atoms with Gasteiger partial charge < -0.3 is 5.32 Å². The van der Waals surface area contributed by atoms with Crippen molar-refractivity contribution >= 4 is 0 Å². The molecule has 0 amide bonds. The molecule has 0 saturated heterocycles. The minimum absolute atomic E-state index is 0.530. The van der Waals surface area contributed by atoms with Crippen molar-refractivity contribution in [1.29, 1.82) is 0 Å². The van der Waals surface area contributed by atoms with Crippen LogP contribution < -0.4 is 5.32 Å². The van der Waals surface area contributed by atoms with Crippen LogP contribution in [0.4, 0.5) is 0 Å². The normalized spacial score (nSPS) is 11.2. The van der Waals surface area contributed by atoms with Gasteiger partial charge in [-0.1, -0.05) is 38.1 Å². The van der Waals surface area contributed by atoms with E-state index in [2.05, 4.69) is 53.5 Å². The van der Waals surface area contributed by atoms with Gasteiger partial charge in [0.15, 0.2) is 0 Å². The summed E-state index contributed by atoms with van der Waals surface area (Å²) in [4.78, 5) is 4.36. The van der Waals surface area contributed by atoms with Gasteiger partial charge in [0.2, 0.25) is 0 Å². The average molecular weight is 272 g/mol. The van der Waals surface area contributed by atoms with Gasteiger partial charge in [-0.25, -0.2) is 9.67 Å². The first-order chi connectivity index (χ1) is 9.56. The van der Waals surface area contributed by atoms with E-state index in [4.69, 9.17) is 0 Å². The van der Waals surface area contributed by atoms with Crippen LogP contribution >= 0.6 is 0 Å². The molecule has 0 saturated carbocycles. The fourth-order valence-electron chi connectivity index (χ4n) is 2.32. The van der Waals surface area contributed by atoms with Crippen LogP contribution in [0.5, 0.6) is 0 Å². The Labute approximate surface area is 121 Å². The van der Waals surface area contributed by atoms with E-state index in [9.17, 15) is 0 Å². The Kier molecular flexibility index (Phi) is 4.90. The van der Waals surface area contributed by atoms with Gasteiger partial charge in [0.05, 0.1) is 6.54 Å². The third-order valence-electron chi connectivity index (χ3n) is 3.35.